The monoisotopic (exact) mass is 133 g/mol. The Kier molecular flexibility index (Phi) is 4.00. The summed E-state index contributed by atoms with van der Waals surface area (Å²) in [6, 6.07) is 0. The number of carbonyl (C=O) groups is 1. The van der Waals surface area contributed by atoms with Crippen molar-refractivity contribution in [2.24, 2.45) is 0 Å². The van der Waals surface area contributed by atoms with Gasteiger partial charge in [-0.3, -0.25) is 0 Å². The van der Waals surface area contributed by atoms with Crippen LogP contribution in [0.2, 0.25) is 0 Å². The van der Waals surface area contributed by atoms with Gasteiger partial charge in [0, 0.05) is 0 Å². The second-order valence-electron chi connectivity index (χ2n) is 1.45. The maximum Gasteiger partial charge on any atom is 0.329 e. The maximum absolute atomic E-state index is 9.76. The summed E-state index contributed by atoms with van der Waals surface area (Å²) in [4.78, 5) is 9.76. The molecule has 1 atom stereocenters. The molecule has 0 saturated carbocycles. The van der Waals surface area contributed by atoms with Crippen LogP contribution in [0.1, 0.15) is 6.42 Å². The molecular formula is C5H9O4. The number of hydrogen-bond donors (Lipinski definition) is 2. The molecular weight excluding hydrogens is 124 g/mol. The number of aliphatic carboxylic acids is 1. The zero-order chi connectivity index (χ0) is 7.28. The van der Waals surface area contributed by atoms with Crippen LogP contribution in [0.15, 0.2) is 0 Å². The van der Waals surface area contributed by atoms with Gasteiger partial charge in [0.2, 0.25) is 0 Å². The summed E-state index contributed by atoms with van der Waals surface area (Å²) in [7, 11) is 0. The van der Waals surface area contributed by atoms with Crippen molar-refractivity contribution in [3.63, 3.8) is 0 Å². The molecule has 0 aromatic heterocycles. The minimum Gasteiger partial charge on any atom is -0.480 e. The summed E-state index contributed by atoms with van der Waals surface area (Å²) in [5.41, 5.74) is 0. The Morgan fingerprint density at radius 1 is 1.78 bits per heavy atom. The van der Waals surface area contributed by atoms with Crippen molar-refractivity contribution in [3.8, 4) is 0 Å². The van der Waals surface area contributed by atoms with Crippen LogP contribution >= 0.6 is 0 Å². The van der Waals surface area contributed by atoms with E-state index in [1.807, 2.05) is 0 Å². The zero-order valence-electron chi connectivity index (χ0n) is 4.91. The van der Waals surface area contributed by atoms with Gasteiger partial charge in [0.15, 0.2) is 6.29 Å². The molecule has 0 aliphatic carbocycles. The van der Waals surface area contributed by atoms with Gasteiger partial charge in [-0.2, -0.15) is 0 Å². The first kappa shape index (κ1) is 8.39. The van der Waals surface area contributed by atoms with E-state index in [2.05, 4.69) is 11.7 Å². The summed E-state index contributed by atoms with van der Waals surface area (Å²) >= 11 is 0. The van der Waals surface area contributed by atoms with E-state index in [-0.39, 0.29) is 6.42 Å². The number of carboxylic acids is 1. The van der Waals surface area contributed by atoms with E-state index < -0.39 is 18.9 Å². The highest BCUT2D eigenvalue weighted by Gasteiger charge is 2.02. The fourth-order valence-corrected chi connectivity index (χ4v) is 0.251. The second-order valence-corrected chi connectivity index (χ2v) is 1.45. The molecule has 0 aromatic carbocycles. The quantitative estimate of drug-likeness (QED) is 0.513. The van der Waals surface area contributed by atoms with E-state index in [9.17, 15) is 4.79 Å². The minimum absolute atomic E-state index is 0.160. The highest BCUT2D eigenvalue weighted by atomic mass is 16.6. The van der Waals surface area contributed by atoms with Crippen LogP contribution in [0.5, 0.6) is 0 Å². The van der Waals surface area contributed by atoms with Crippen molar-refractivity contribution < 1.29 is 19.7 Å². The summed E-state index contributed by atoms with van der Waals surface area (Å²) in [5.74, 6) is -1.09. The van der Waals surface area contributed by atoms with Crippen molar-refractivity contribution in [1.82, 2.24) is 0 Å². The Morgan fingerprint density at radius 2 is 2.33 bits per heavy atom. The van der Waals surface area contributed by atoms with Gasteiger partial charge in [0.05, 0.1) is 0 Å². The van der Waals surface area contributed by atoms with E-state index in [1.54, 1.807) is 0 Å². The Bertz CT molecular complexity index is 91.0. The summed E-state index contributed by atoms with van der Waals surface area (Å²) in [5, 5.41) is 16.6. The molecule has 0 spiro atoms. The molecule has 4 heteroatoms. The van der Waals surface area contributed by atoms with Gasteiger partial charge in [-0.25, -0.2) is 4.79 Å². The van der Waals surface area contributed by atoms with Gasteiger partial charge >= 0.3 is 5.97 Å². The average Bonchev–Trinajstić information content (AvgIpc) is 1.83. The van der Waals surface area contributed by atoms with E-state index >= 15 is 0 Å². The molecule has 4 nitrogen and oxygen atoms in total. The minimum atomic E-state index is -1.09. The first-order chi connectivity index (χ1) is 4.16. The first-order valence-electron chi connectivity index (χ1n) is 2.47. The van der Waals surface area contributed by atoms with Crippen LogP contribution in [0.4, 0.5) is 0 Å². The molecule has 2 N–H and O–H groups in total. The molecule has 9 heavy (non-hydrogen) atoms. The number of carboxylic acid groups (broad SMARTS) is 1. The highest BCUT2D eigenvalue weighted by Crippen LogP contribution is 1.89. The number of ether oxygens (including phenoxy) is 1. The zero-order valence-corrected chi connectivity index (χ0v) is 4.91. The molecule has 0 bridgehead atoms. The number of aliphatic hydroxyl groups is 1. The van der Waals surface area contributed by atoms with Gasteiger partial charge in [-0.05, 0) is 13.3 Å². The van der Waals surface area contributed by atoms with Crippen molar-refractivity contribution >= 4 is 5.97 Å². The summed E-state index contributed by atoms with van der Waals surface area (Å²) in [6.45, 7) is 2.82. The maximum atomic E-state index is 9.76. The van der Waals surface area contributed by atoms with Crippen molar-refractivity contribution in [3.05, 3.63) is 6.92 Å². The van der Waals surface area contributed by atoms with Crippen LogP contribution in [-0.2, 0) is 9.53 Å². The lowest BCUT2D eigenvalue weighted by Crippen LogP contribution is -2.16. The first-order valence-corrected chi connectivity index (χ1v) is 2.47. The molecule has 1 radical (unpaired) electrons. The van der Waals surface area contributed by atoms with Crippen LogP contribution in [0, 0.1) is 6.92 Å². The number of rotatable bonds is 4. The predicted molar refractivity (Wildman–Crippen MR) is 29.6 cm³/mol. The fraction of sp³-hybridized carbons (Fsp3) is 0.600. The van der Waals surface area contributed by atoms with Crippen LogP contribution < -0.4 is 0 Å². The number of hydrogen-bond acceptors (Lipinski definition) is 3. The molecule has 0 fully saturated rings. The lowest BCUT2D eigenvalue weighted by atomic mass is 10.5. The molecule has 0 saturated heterocycles. The van der Waals surface area contributed by atoms with Crippen LogP contribution in [0.3, 0.4) is 0 Å². The summed E-state index contributed by atoms with van der Waals surface area (Å²) < 4.78 is 4.35. The SMILES string of the molecule is [CH2]CC(O)OCC(=O)O. The molecule has 0 heterocycles. The lowest BCUT2D eigenvalue weighted by molar-refractivity contribution is -0.155. The van der Waals surface area contributed by atoms with Gasteiger partial charge in [-0.1, -0.05) is 0 Å². The highest BCUT2D eigenvalue weighted by molar-refractivity contribution is 5.67. The Hall–Kier alpha value is -0.610. The lowest BCUT2D eigenvalue weighted by Gasteiger charge is -2.05. The fourth-order valence-electron chi connectivity index (χ4n) is 0.251. The van der Waals surface area contributed by atoms with E-state index in [0.29, 0.717) is 0 Å². The van der Waals surface area contributed by atoms with Crippen LogP contribution in [-0.4, -0.2) is 29.1 Å². The molecule has 53 valence electrons. The Morgan fingerprint density at radius 3 is 2.67 bits per heavy atom. The van der Waals surface area contributed by atoms with Crippen molar-refractivity contribution in [1.29, 1.82) is 0 Å². The molecule has 1 unspecified atom stereocenters. The third kappa shape index (κ3) is 5.26. The summed E-state index contributed by atoms with van der Waals surface area (Å²) in [6.07, 6.45) is -0.895. The van der Waals surface area contributed by atoms with E-state index in [0.717, 1.165) is 0 Å². The molecule has 0 aromatic rings. The molecule has 0 amide bonds. The van der Waals surface area contributed by atoms with E-state index in [1.165, 1.54) is 0 Å². The van der Waals surface area contributed by atoms with Gasteiger partial charge in [0.25, 0.3) is 0 Å². The topological polar surface area (TPSA) is 66.8 Å². The predicted octanol–water partition coefficient (Wildman–Crippen LogP) is -0.370. The molecule has 0 aliphatic rings. The largest absolute Gasteiger partial charge is 0.480 e. The smallest absolute Gasteiger partial charge is 0.329 e. The van der Waals surface area contributed by atoms with Gasteiger partial charge in [0.1, 0.15) is 6.61 Å². The van der Waals surface area contributed by atoms with E-state index in [4.69, 9.17) is 10.2 Å². The Balaban J connectivity index is 3.16. The molecule has 0 aliphatic heterocycles. The standard InChI is InChI=1S/C5H9O4/c1-2-5(8)9-3-4(6)7/h5,8H,1-3H2,(H,6,7). The number of aliphatic hydroxyl groups excluding tert-OH is 1. The normalized spacial score (nSPS) is 13.1. The third-order valence-electron chi connectivity index (χ3n) is 0.646. The molecule has 0 rings (SSSR count). The third-order valence-corrected chi connectivity index (χ3v) is 0.646. The van der Waals surface area contributed by atoms with Crippen LogP contribution in [0.25, 0.3) is 0 Å². The van der Waals surface area contributed by atoms with Crippen molar-refractivity contribution in [2.45, 2.75) is 12.7 Å². The Labute approximate surface area is 53.1 Å². The second kappa shape index (κ2) is 4.29. The van der Waals surface area contributed by atoms with Gasteiger partial charge < -0.3 is 14.9 Å². The van der Waals surface area contributed by atoms with Gasteiger partial charge in [-0.15, -0.1) is 0 Å². The van der Waals surface area contributed by atoms with Crippen molar-refractivity contribution in [2.75, 3.05) is 6.61 Å². The average molecular weight is 133 g/mol.